The molecule has 0 bridgehead atoms. The minimum atomic E-state index is -0.158. The number of methoxy groups -OCH3 is 1. The van der Waals surface area contributed by atoms with E-state index in [0.717, 1.165) is 40.3 Å². The molecule has 0 radical (unpaired) electrons. The molecule has 4 nitrogen and oxygen atoms in total. The SMILES string of the molecule is CCc1cc(C(=O)CCC(=O)Nc2cc(-c3ccccc3)c(Cc3ccccc3)s2)ccc1OC. The highest BCUT2D eigenvalue weighted by Crippen LogP contribution is 2.36. The van der Waals surface area contributed by atoms with E-state index in [1.54, 1.807) is 24.5 Å². The number of ether oxygens (including phenoxy) is 1. The summed E-state index contributed by atoms with van der Waals surface area (Å²) >= 11 is 1.59. The number of carbonyl (C=O) groups is 2. The van der Waals surface area contributed by atoms with Crippen molar-refractivity contribution in [1.29, 1.82) is 0 Å². The number of ketones is 1. The van der Waals surface area contributed by atoms with E-state index in [1.807, 2.05) is 61.5 Å². The summed E-state index contributed by atoms with van der Waals surface area (Å²) in [6, 6.07) is 28.0. The van der Waals surface area contributed by atoms with Gasteiger partial charge in [-0.15, -0.1) is 11.3 Å². The zero-order valence-corrected chi connectivity index (χ0v) is 20.9. The Labute approximate surface area is 210 Å². The lowest BCUT2D eigenvalue weighted by atomic mass is 10.0. The van der Waals surface area contributed by atoms with Gasteiger partial charge in [0, 0.05) is 29.7 Å². The Morgan fingerprint density at radius 2 is 1.60 bits per heavy atom. The zero-order valence-electron chi connectivity index (χ0n) is 20.0. The lowest BCUT2D eigenvalue weighted by Crippen LogP contribution is -2.13. The smallest absolute Gasteiger partial charge is 0.225 e. The van der Waals surface area contributed by atoms with Crippen LogP contribution >= 0.6 is 11.3 Å². The fourth-order valence-electron chi connectivity index (χ4n) is 4.06. The number of benzene rings is 3. The Morgan fingerprint density at radius 3 is 2.29 bits per heavy atom. The Morgan fingerprint density at radius 1 is 0.886 bits per heavy atom. The molecule has 5 heteroatoms. The van der Waals surface area contributed by atoms with Gasteiger partial charge < -0.3 is 10.1 Å². The fourth-order valence-corrected chi connectivity index (χ4v) is 5.20. The standard InChI is InChI=1S/C30H29NO3S/c1-3-22-19-24(14-16-27(22)34-2)26(32)15-17-29(33)31-30-20-25(23-12-8-5-9-13-23)28(35-30)18-21-10-6-4-7-11-21/h4-14,16,19-20H,3,15,17-18H2,1-2H3,(H,31,33). The number of thiophene rings is 1. The number of amides is 1. The van der Waals surface area contributed by atoms with Gasteiger partial charge in [-0.25, -0.2) is 0 Å². The van der Waals surface area contributed by atoms with Crippen LogP contribution in [0.5, 0.6) is 5.75 Å². The van der Waals surface area contributed by atoms with Gasteiger partial charge in [0.2, 0.25) is 5.91 Å². The van der Waals surface area contributed by atoms with E-state index < -0.39 is 0 Å². The van der Waals surface area contributed by atoms with Gasteiger partial charge in [0.25, 0.3) is 0 Å². The average Bonchev–Trinajstić information content (AvgIpc) is 3.29. The number of rotatable bonds is 10. The summed E-state index contributed by atoms with van der Waals surface area (Å²) in [5.74, 6) is 0.577. The number of hydrogen-bond donors (Lipinski definition) is 1. The molecular formula is C30H29NO3S. The van der Waals surface area contributed by atoms with Gasteiger partial charge in [-0.1, -0.05) is 67.6 Å². The van der Waals surface area contributed by atoms with E-state index in [1.165, 1.54) is 10.4 Å². The molecule has 3 aromatic carbocycles. The van der Waals surface area contributed by atoms with Crippen molar-refractivity contribution < 1.29 is 14.3 Å². The van der Waals surface area contributed by atoms with Crippen molar-refractivity contribution in [3.8, 4) is 16.9 Å². The molecule has 1 amide bonds. The van der Waals surface area contributed by atoms with Crippen molar-refractivity contribution in [2.45, 2.75) is 32.6 Å². The van der Waals surface area contributed by atoms with Crippen molar-refractivity contribution in [3.05, 3.63) is 106 Å². The van der Waals surface area contributed by atoms with Crippen LogP contribution in [0.15, 0.2) is 84.9 Å². The Bertz CT molecular complexity index is 1300. The molecule has 0 spiro atoms. The Kier molecular flexibility index (Phi) is 8.11. The van der Waals surface area contributed by atoms with Crippen molar-refractivity contribution in [3.63, 3.8) is 0 Å². The molecule has 35 heavy (non-hydrogen) atoms. The zero-order chi connectivity index (χ0) is 24.6. The second-order valence-electron chi connectivity index (χ2n) is 8.33. The molecule has 4 aromatic rings. The monoisotopic (exact) mass is 483 g/mol. The summed E-state index contributed by atoms with van der Waals surface area (Å²) in [5.41, 5.74) is 5.07. The van der Waals surface area contributed by atoms with Crippen LogP contribution in [0.3, 0.4) is 0 Å². The van der Waals surface area contributed by atoms with Gasteiger partial charge >= 0.3 is 0 Å². The van der Waals surface area contributed by atoms with E-state index in [4.69, 9.17) is 4.74 Å². The van der Waals surface area contributed by atoms with Crippen LogP contribution in [-0.4, -0.2) is 18.8 Å². The Hall–Kier alpha value is -3.70. The first-order valence-electron chi connectivity index (χ1n) is 11.8. The molecule has 0 aliphatic carbocycles. The minimum Gasteiger partial charge on any atom is -0.496 e. The first kappa shape index (κ1) is 24.4. The largest absolute Gasteiger partial charge is 0.496 e. The van der Waals surface area contributed by atoms with Crippen LogP contribution in [0.1, 0.15) is 46.1 Å². The molecule has 0 atom stereocenters. The highest BCUT2D eigenvalue weighted by molar-refractivity contribution is 7.16. The van der Waals surface area contributed by atoms with Crippen molar-refractivity contribution >= 4 is 28.0 Å². The molecule has 0 unspecified atom stereocenters. The highest BCUT2D eigenvalue weighted by atomic mass is 32.1. The lowest BCUT2D eigenvalue weighted by Gasteiger charge is -2.09. The summed E-state index contributed by atoms with van der Waals surface area (Å²) < 4.78 is 5.34. The van der Waals surface area contributed by atoms with Gasteiger partial charge in [-0.05, 0) is 52.9 Å². The molecule has 4 rings (SSSR count). The molecule has 0 aliphatic rings. The number of nitrogens with one attached hydrogen (secondary N) is 1. The van der Waals surface area contributed by atoms with Crippen LogP contribution in [0.2, 0.25) is 0 Å². The van der Waals surface area contributed by atoms with Gasteiger partial charge in [0.1, 0.15) is 5.75 Å². The number of Topliss-reactive ketones (excluding diaryl/α,β-unsaturated/α-hetero) is 1. The van der Waals surface area contributed by atoms with Crippen molar-refractivity contribution in [2.75, 3.05) is 12.4 Å². The molecule has 0 saturated heterocycles. The maximum absolute atomic E-state index is 12.7. The van der Waals surface area contributed by atoms with E-state index in [0.29, 0.717) is 5.56 Å². The third-order valence-corrected chi connectivity index (χ3v) is 6.98. The predicted molar refractivity (Wildman–Crippen MR) is 144 cm³/mol. The quantitative estimate of drug-likeness (QED) is 0.243. The number of aryl methyl sites for hydroxylation is 1. The molecule has 1 N–H and O–H groups in total. The summed E-state index contributed by atoms with van der Waals surface area (Å²) in [7, 11) is 1.62. The first-order valence-corrected chi connectivity index (χ1v) is 12.6. The lowest BCUT2D eigenvalue weighted by molar-refractivity contribution is -0.116. The number of hydrogen-bond acceptors (Lipinski definition) is 4. The van der Waals surface area contributed by atoms with Crippen LogP contribution in [0, 0.1) is 0 Å². The molecule has 1 aromatic heterocycles. The average molecular weight is 484 g/mol. The second-order valence-corrected chi connectivity index (χ2v) is 9.46. The normalized spacial score (nSPS) is 10.7. The van der Waals surface area contributed by atoms with E-state index in [9.17, 15) is 9.59 Å². The molecular weight excluding hydrogens is 454 g/mol. The molecule has 1 heterocycles. The Balaban J connectivity index is 1.45. The molecule has 0 saturated carbocycles. The number of anilines is 1. The fraction of sp³-hybridized carbons (Fsp3) is 0.200. The second kappa shape index (κ2) is 11.6. The third kappa shape index (κ3) is 6.25. The van der Waals surface area contributed by atoms with E-state index >= 15 is 0 Å². The van der Waals surface area contributed by atoms with Crippen LogP contribution in [0.25, 0.3) is 11.1 Å². The molecule has 0 fully saturated rings. The van der Waals surface area contributed by atoms with Crippen LogP contribution in [0.4, 0.5) is 5.00 Å². The summed E-state index contributed by atoms with van der Waals surface area (Å²) in [6.45, 7) is 2.02. The van der Waals surface area contributed by atoms with Gasteiger partial charge in [-0.3, -0.25) is 9.59 Å². The predicted octanol–water partition coefficient (Wildman–Crippen LogP) is 7.18. The van der Waals surface area contributed by atoms with E-state index in [2.05, 4.69) is 29.6 Å². The van der Waals surface area contributed by atoms with Gasteiger partial charge in [0.05, 0.1) is 12.1 Å². The van der Waals surface area contributed by atoms with Crippen molar-refractivity contribution in [2.24, 2.45) is 0 Å². The van der Waals surface area contributed by atoms with Crippen LogP contribution in [-0.2, 0) is 17.6 Å². The first-order chi connectivity index (χ1) is 17.1. The maximum atomic E-state index is 12.7. The highest BCUT2D eigenvalue weighted by Gasteiger charge is 2.15. The van der Waals surface area contributed by atoms with Gasteiger partial charge in [-0.2, -0.15) is 0 Å². The van der Waals surface area contributed by atoms with Crippen molar-refractivity contribution in [1.82, 2.24) is 0 Å². The van der Waals surface area contributed by atoms with Gasteiger partial charge in [0.15, 0.2) is 5.78 Å². The van der Waals surface area contributed by atoms with E-state index in [-0.39, 0.29) is 24.5 Å². The third-order valence-electron chi connectivity index (χ3n) is 5.93. The summed E-state index contributed by atoms with van der Waals surface area (Å²) in [5, 5.41) is 3.81. The maximum Gasteiger partial charge on any atom is 0.225 e. The molecule has 0 aliphatic heterocycles. The summed E-state index contributed by atoms with van der Waals surface area (Å²) in [4.78, 5) is 26.6. The topological polar surface area (TPSA) is 55.4 Å². The molecule has 178 valence electrons. The minimum absolute atomic E-state index is 0.0431. The number of carbonyl (C=O) groups excluding carboxylic acids is 2. The summed E-state index contributed by atoms with van der Waals surface area (Å²) in [6.07, 6.45) is 1.87. The van der Waals surface area contributed by atoms with Crippen LogP contribution < -0.4 is 10.1 Å².